The summed E-state index contributed by atoms with van der Waals surface area (Å²) in [7, 11) is 0. The van der Waals surface area contributed by atoms with E-state index in [1.807, 2.05) is 12.1 Å². The number of alkyl halides is 2. The number of amides is 1. The van der Waals surface area contributed by atoms with Gasteiger partial charge in [-0.05, 0) is 48.9 Å². The van der Waals surface area contributed by atoms with E-state index in [4.69, 9.17) is 9.47 Å². The lowest BCUT2D eigenvalue weighted by molar-refractivity contribution is -0.139. The number of ketones is 1. The Balaban J connectivity index is 0.953. The zero-order valence-electron chi connectivity index (χ0n) is 26.3. The van der Waals surface area contributed by atoms with Crippen LogP contribution in [0.25, 0.3) is 11.4 Å². The zero-order valence-corrected chi connectivity index (χ0v) is 26.3. The van der Waals surface area contributed by atoms with Gasteiger partial charge in [0.05, 0.1) is 31.4 Å². The molecule has 48 heavy (non-hydrogen) atoms. The number of halogens is 2. The summed E-state index contributed by atoms with van der Waals surface area (Å²) in [5.41, 5.74) is 2.72. The molecular weight excluding hydrogens is 622 g/mol. The molecule has 0 unspecified atom stereocenters. The number of piperidine rings is 1. The predicted molar refractivity (Wildman–Crippen MR) is 171 cm³/mol. The van der Waals surface area contributed by atoms with Crippen LogP contribution in [0.15, 0.2) is 48.8 Å². The van der Waals surface area contributed by atoms with Gasteiger partial charge < -0.3 is 24.6 Å². The molecule has 1 N–H and O–H groups in total. The first kappa shape index (κ1) is 31.8. The largest absolute Gasteiger partial charge is 0.486 e. The summed E-state index contributed by atoms with van der Waals surface area (Å²) < 4.78 is 40.1. The zero-order chi connectivity index (χ0) is 33.2. The van der Waals surface area contributed by atoms with Crippen LogP contribution >= 0.6 is 0 Å². The average Bonchev–Trinajstić information content (AvgIpc) is 3.43. The molecule has 4 fully saturated rings. The summed E-state index contributed by atoms with van der Waals surface area (Å²) in [4.78, 5) is 43.6. The van der Waals surface area contributed by atoms with Crippen molar-refractivity contribution in [3.8, 4) is 23.2 Å². The quantitative estimate of drug-likeness (QED) is 0.382. The van der Waals surface area contributed by atoms with Gasteiger partial charge in [-0.25, -0.2) is 18.7 Å². The van der Waals surface area contributed by atoms with Crippen LogP contribution in [-0.4, -0.2) is 113 Å². The molecule has 3 aliphatic heterocycles. The van der Waals surface area contributed by atoms with Crippen molar-refractivity contribution >= 4 is 29.0 Å². The molecule has 4 aliphatic rings. The normalized spacial score (nSPS) is 25.0. The highest BCUT2D eigenvalue weighted by Crippen LogP contribution is 2.31. The highest BCUT2D eigenvalue weighted by molar-refractivity contribution is 5.92. The van der Waals surface area contributed by atoms with E-state index in [1.54, 1.807) is 18.2 Å². The number of likely N-dealkylation sites (tertiary alicyclic amines) is 1. The minimum absolute atomic E-state index is 0.146. The summed E-state index contributed by atoms with van der Waals surface area (Å²) >= 11 is 0. The summed E-state index contributed by atoms with van der Waals surface area (Å²) in [5, 5.41) is 13.1. The third-order valence-electron chi connectivity index (χ3n) is 9.58. The van der Waals surface area contributed by atoms with Crippen LogP contribution in [0.4, 0.5) is 26.1 Å². The van der Waals surface area contributed by atoms with Crippen molar-refractivity contribution < 1.29 is 27.8 Å². The van der Waals surface area contributed by atoms with Crippen LogP contribution < -0.4 is 15.0 Å². The molecule has 14 heteroatoms. The number of carbonyl (C=O) groups is 2. The number of carbonyl (C=O) groups excluding carboxylic acids is 2. The number of benzene rings is 2. The fourth-order valence-corrected chi connectivity index (χ4v) is 6.68. The highest BCUT2D eigenvalue weighted by atomic mass is 19.1. The van der Waals surface area contributed by atoms with Crippen molar-refractivity contribution in [3.05, 3.63) is 54.4 Å². The molecule has 0 bridgehead atoms. The van der Waals surface area contributed by atoms with Crippen LogP contribution in [0.5, 0.6) is 5.75 Å². The minimum atomic E-state index is -1.63. The van der Waals surface area contributed by atoms with Crippen LogP contribution in [0.3, 0.4) is 0 Å². The molecule has 12 nitrogen and oxygen atoms in total. The lowest BCUT2D eigenvalue weighted by Crippen LogP contribution is -2.56. The molecule has 4 heterocycles. The van der Waals surface area contributed by atoms with Crippen LogP contribution in [0.2, 0.25) is 0 Å². The number of Topliss-reactive ketones (excluding diaryl/α,β-unsaturated/α-hetero) is 1. The van der Waals surface area contributed by atoms with E-state index in [9.17, 15) is 19.2 Å². The van der Waals surface area contributed by atoms with E-state index in [2.05, 4.69) is 48.3 Å². The molecule has 7 rings (SSSR count). The molecule has 3 aromatic rings. The number of aromatic nitrogens is 3. The first-order chi connectivity index (χ1) is 23.3. The maximum absolute atomic E-state index is 15.2. The van der Waals surface area contributed by atoms with Gasteiger partial charge in [0.15, 0.2) is 24.0 Å². The number of nitriles is 1. The Morgan fingerprint density at radius 2 is 1.83 bits per heavy atom. The molecular formula is C34H36F2N8O4. The second-order valence-corrected chi connectivity index (χ2v) is 12.7. The number of piperazine rings is 1. The molecule has 1 aliphatic carbocycles. The molecule has 250 valence electrons. The number of nitrogens with one attached hydrogen (secondary N) is 1. The summed E-state index contributed by atoms with van der Waals surface area (Å²) in [5.74, 6) is -0.830. The van der Waals surface area contributed by atoms with Crippen LogP contribution in [0, 0.1) is 17.2 Å². The Morgan fingerprint density at radius 3 is 2.50 bits per heavy atom. The summed E-state index contributed by atoms with van der Waals surface area (Å²) in [6.45, 7) is 5.65. The summed E-state index contributed by atoms with van der Waals surface area (Å²) in [6, 6.07) is 15.6. The van der Waals surface area contributed by atoms with E-state index in [-0.39, 0.29) is 43.7 Å². The Kier molecular flexibility index (Phi) is 9.14. The number of hydrogen-bond acceptors (Lipinski definition) is 11. The summed E-state index contributed by atoms with van der Waals surface area (Å²) in [6.07, 6.45) is -2.74. The smallest absolute Gasteiger partial charge is 0.230 e. The molecule has 1 aromatic heterocycles. The highest BCUT2D eigenvalue weighted by Gasteiger charge is 2.41. The molecule has 3 saturated heterocycles. The van der Waals surface area contributed by atoms with Crippen molar-refractivity contribution in [2.45, 2.75) is 43.8 Å². The first-order valence-electron chi connectivity index (χ1n) is 16.3. The first-order valence-corrected chi connectivity index (χ1v) is 16.3. The maximum atomic E-state index is 15.2. The van der Waals surface area contributed by atoms with E-state index in [0.717, 1.165) is 50.8 Å². The topological polar surface area (TPSA) is 137 Å². The average molecular weight is 659 g/mol. The van der Waals surface area contributed by atoms with Crippen LogP contribution in [0.1, 0.15) is 24.8 Å². The second kappa shape index (κ2) is 13.8. The lowest BCUT2D eigenvalue weighted by atomic mass is 10.0. The van der Waals surface area contributed by atoms with E-state index in [1.165, 1.54) is 11.2 Å². The number of ether oxygens (including phenoxy) is 2. The molecule has 0 radical (unpaired) electrons. The fraction of sp³-hybridized carbons (Fsp3) is 0.471. The molecule has 0 spiro atoms. The molecule has 1 amide bonds. The van der Waals surface area contributed by atoms with Gasteiger partial charge in [-0.1, -0.05) is 0 Å². The Labute approximate surface area is 276 Å². The van der Waals surface area contributed by atoms with Crippen molar-refractivity contribution in [1.82, 2.24) is 24.8 Å². The van der Waals surface area contributed by atoms with Crippen molar-refractivity contribution in [1.29, 1.82) is 5.26 Å². The molecule has 2 aromatic carbocycles. The monoisotopic (exact) mass is 658 g/mol. The Hall–Kier alpha value is -4.74. The van der Waals surface area contributed by atoms with Gasteiger partial charge in [0.1, 0.15) is 24.3 Å². The SMILES string of the molecule is N#Cc1cc(-c2ncnc(Nc3ccc(N4CCN(C5COC5)CC4)cc3)n2)ccc1O[C@H]1CCN(C(=O)[C@H]2CC(=O)[C@H](F)C2)C[C@H]1F. The van der Waals surface area contributed by atoms with Gasteiger partial charge >= 0.3 is 0 Å². The number of rotatable bonds is 8. The lowest BCUT2D eigenvalue weighted by Gasteiger charge is -2.43. The van der Waals surface area contributed by atoms with Gasteiger partial charge in [-0.2, -0.15) is 10.2 Å². The van der Waals surface area contributed by atoms with Crippen molar-refractivity contribution in [3.63, 3.8) is 0 Å². The predicted octanol–water partition coefficient (Wildman–Crippen LogP) is 3.31. The fourth-order valence-electron chi connectivity index (χ4n) is 6.68. The maximum Gasteiger partial charge on any atom is 0.230 e. The van der Waals surface area contributed by atoms with Gasteiger partial charge in [0.2, 0.25) is 11.9 Å². The molecule has 4 atom stereocenters. The third-order valence-corrected chi connectivity index (χ3v) is 9.58. The van der Waals surface area contributed by atoms with Crippen molar-refractivity contribution in [2.24, 2.45) is 5.92 Å². The van der Waals surface area contributed by atoms with E-state index in [0.29, 0.717) is 23.4 Å². The number of anilines is 3. The van der Waals surface area contributed by atoms with Gasteiger partial charge in [-0.15, -0.1) is 0 Å². The van der Waals surface area contributed by atoms with Crippen molar-refractivity contribution in [2.75, 3.05) is 62.7 Å². The van der Waals surface area contributed by atoms with E-state index >= 15 is 4.39 Å². The number of nitrogens with zero attached hydrogens (tertiary/aromatic N) is 7. The van der Waals surface area contributed by atoms with Gasteiger partial charge in [-0.3, -0.25) is 14.5 Å². The van der Waals surface area contributed by atoms with Crippen LogP contribution in [-0.2, 0) is 14.3 Å². The third kappa shape index (κ3) is 6.79. The second-order valence-electron chi connectivity index (χ2n) is 12.7. The standard InChI is InChI=1S/C34H36F2N8O4/c35-27-14-22(15-29(27)45)33(46)44-8-7-31(28(36)17-44)48-30-6-1-21(13-23(30)16-37)32-38-20-39-34(41-32)40-24-2-4-25(5-3-24)42-9-11-43(12-10-42)26-18-47-19-26/h1-6,13,20,22,26-28,31H,7-12,14-15,17-19H2,(H,38,39,40,41)/t22-,27-,28-,31+/m1/s1. The van der Waals surface area contributed by atoms with Gasteiger partial charge in [0, 0.05) is 68.4 Å². The van der Waals surface area contributed by atoms with Gasteiger partial charge in [0.25, 0.3) is 0 Å². The minimum Gasteiger partial charge on any atom is -0.486 e. The van der Waals surface area contributed by atoms with E-state index < -0.39 is 36.1 Å². The Bertz CT molecular complexity index is 1690. The molecule has 1 saturated carbocycles. The Morgan fingerprint density at radius 1 is 1.04 bits per heavy atom. The number of hydrogen-bond donors (Lipinski definition) is 1.